The monoisotopic (exact) mass is 423 g/mol. The van der Waals surface area contributed by atoms with Crippen LogP contribution >= 0.6 is 39.1 Å². The first-order valence-corrected chi connectivity index (χ1v) is 8.61. The van der Waals surface area contributed by atoms with Gasteiger partial charge in [0.2, 0.25) is 0 Å². The van der Waals surface area contributed by atoms with Gasteiger partial charge in [-0.1, -0.05) is 35.3 Å². The van der Waals surface area contributed by atoms with Gasteiger partial charge in [0.05, 0.1) is 12.1 Å². The van der Waals surface area contributed by atoms with E-state index in [1.165, 1.54) is 0 Å². The zero-order valence-corrected chi connectivity index (χ0v) is 15.4. The van der Waals surface area contributed by atoms with Crippen LogP contribution in [0.2, 0.25) is 10.0 Å². The maximum Gasteiger partial charge on any atom is 0.258 e. The van der Waals surface area contributed by atoms with Crippen molar-refractivity contribution < 1.29 is 4.79 Å². The Kier molecular flexibility index (Phi) is 5.23. The maximum atomic E-state index is 12.3. The van der Waals surface area contributed by atoms with Crippen LogP contribution in [0.25, 0.3) is 0 Å². The average Bonchev–Trinajstić information content (AvgIpc) is 2.98. The summed E-state index contributed by atoms with van der Waals surface area (Å²) in [4.78, 5) is 12.3. The second-order valence-electron chi connectivity index (χ2n) is 5.07. The third kappa shape index (κ3) is 3.98. The van der Waals surface area contributed by atoms with Gasteiger partial charge >= 0.3 is 0 Å². The van der Waals surface area contributed by atoms with Crippen LogP contribution in [-0.4, -0.2) is 15.7 Å². The average molecular weight is 425 g/mol. The molecule has 122 valence electrons. The first-order valence-electron chi connectivity index (χ1n) is 7.06. The van der Waals surface area contributed by atoms with E-state index in [-0.39, 0.29) is 5.91 Å². The van der Waals surface area contributed by atoms with Crippen LogP contribution in [0.3, 0.4) is 0 Å². The van der Waals surface area contributed by atoms with Gasteiger partial charge in [0.25, 0.3) is 5.91 Å². The Labute approximate surface area is 157 Å². The molecule has 2 aromatic carbocycles. The summed E-state index contributed by atoms with van der Waals surface area (Å²) in [5, 5.41) is 8.34. The largest absolute Gasteiger partial charge is 0.305 e. The normalized spacial score (nSPS) is 10.6. The fourth-order valence-electron chi connectivity index (χ4n) is 2.18. The quantitative estimate of drug-likeness (QED) is 0.621. The van der Waals surface area contributed by atoms with Gasteiger partial charge in [0.15, 0.2) is 5.82 Å². The number of amides is 1. The van der Waals surface area contributed by atoms with Gasteiger partial charge in [0.1, 0.15) is 0 Å². The highest BCUT2D eigenvalue weighted by atomic mass is 79.9. The van der Waals surface area contributed by atoms with Gasteiger partial charge in [-0.05, 0) is 51.8 Å². The van der Waals surface area contributed by atoms with Gasteiger partial charge in [-0.2, -0.15) is 5.10 Å². The fraction of sp³-hybridized carbons (Fsp3) is 0.0588. The molecule has 0 spiro atoms. The topological polar surface area (TPSA) is 46.9 Å². The number of hydrogen-bond donors (Lipinski definition) is 1. The van der Waals surface area contributed by atoms with E-state index in [2.05, 4.69) is 26.3 Å². The van der Waals surface area contributed by atoms with Crippen LogP contribution in [0.15, 0.2) is 59.2 Å². The molecule has 0 aliphatic carbocycles. The first-order chi connectivity index (χ1) is 11.5. The van der Waals surface area contributed by atoms with Crippen molar-refractivity contribution in [2.24, 2.45) is 0 Å². The summed E-state index contributed by atoms with van der Waals surface area (Å²) < 4.78 is 2.42. The molecule has 7 heteroatoms. The van der Waals surface area contributed by atoms with Crippen LogP contribution in [0.1, 0.15) is 15.9 Å². The van der Waals surface area contributed by atoms with E-state index in [4.69, 9.17) is 23.2 Å². The number of benzene rings is 2. The number of hydrogen-bond acceptors (Lipinski definition) is 2. The molecule has 1 heterocycles. The first kappa shape index (κ1) is 17.0. The summed E-state index contributed by atoms with van der Waals surface area (Å²) in [5.41, 5.74) is 1.40. The van der Waals surface area contributed by atoms with E-state index in [0.717, 1.165) is 10.0 Å². The number of carbonyl (C=O) groups excluding carboxylic acids is 1. The summed E-state index contributed by atoms with van der Waals surface area (Å²) in [6.45, 7) is 0.463. The molecule has 0 radical (unpaired) electrons. The molecule has 0 bridgehead atoms. The molecule has 0 saturated heterocycles. The van der Waals surface area contributed by atoms with E-state index in [9.17, 15) is 4.79 Å². The Morgan fingerprint density at radius 1 is 1.17 bits per heavy atom. The summed E-state index contributed by atoms with van der Waals surface area (Å²) in [5.74, 6) is 0.238. The van der Waals surface area contributed by atoms with Crippen LogP contribution in [0.5, 0.6) is 0 Å². The third-order valence-electron chi connectivity index (χ3n) is 3.34. The van der Waals surface area contributed by atoms with E-state index < -0.39 is 0 Å². The molecule has 4 nitrogen and oxygen atoms in total. The molecule has 1 aromatic heterocycles. The Morgan fingerprint density at radius 2 is 1.96 bits per heavy atom. The van der Waals surface area contributed by atoms with Crippen molar-refractivity contribution in [2.45, 2.75) is 6.54 Å². The molecule has 0 saturated carbocycles. The zero-order chi connectivity index (χ0) is 17.1. The lowest BCUT2D eigenvalue weighted by Crippen LogP contribution is -2.13. The number of anilines is 1. The van der Waals surface area contributed by atoms with Crippen LogP contribution in [0, 0.1) is 0 Å². The zero-order valence-electron chi connectivity index (χ0n) is 12.3. The minimum absolute atomic E-state index is 0.228. The number of nitrogens with zero attached hydrogens (tertiary/aromatic N) is 2. The second kappa shape index (κ2) is 7.38. The smallest absolute Gasteiger partial charge is 0.258 e. The van der Waals surface area contributed by atoms with Crippen molar-refractivity contribution in [3.05, 3.63) is 80.4 Å². The molecular weight excluding hydrogens is 413 g/mol. The minimum atomic E-state index is -0.228. The fourth-order valence-corrected chi connectivity index (χ4v) is 3.02. The van der Waals surface area contributed by atoms with Gasteiger partial charge < -0.3 is 5.32 Å². The summed E-state index contributed by atoms with van der Waals surface area (Å²) in [6.07, 6.45) is 1.77. The van der Waals surface area contributed by atoms with E-state index in [1.807, 2.05) is 12.1 Å². The van der Waals surface area contributed by atoms with Gasteiger partial charge in [-0.25, -0.2) is 0 Å². The van der Waals surface area contributed by atoms with Crippen molar-refractivity contribution in [3.8, 4) is 0 Å². The van der Waals surface area contributed by atoms with Crippen molar-refractivity contribution in [1.82, 2.24) is 9.78 Å². The van der Waals surface area contributed by atoms with Crippen LogP contribution in [0.4, 0.5) is 5.82 Å². The van der Waals surface area contributed by atoms with Crippen molar-refractivity contribution >= 4 is 50.9 Å². The van der Waals surface area contributed by atoms with E-state index in [0.29, 0.717) is 28.0 Å². The van der Waals surface area contributed by atoms with Gasteiger partial charge in [-0.3, -0.25) is 9.48 Å². The van der Waals surface area contributed by atoms with Crippen molar-refractivity contribution in [1.29, 1.82) is 0 Å². The molecule has 0 atom stereocenters. The lowest BCUT2D eigenvalue weighted by molar-refractivity contribution is 0.102. The predicted octanol–water partition coefficient (Wildman–Crippen LogP) is 5.25. The standard InChI is InChI=1S/C17H12BrCl2N3O/c18-14-4-2-1-3-13(14)17(24)21-16-7-8-23(22-16)10-11-9-12(19)5-6-15(11)20/h1-9H,10H2,(H,21,22,24). The molecule has 0 aliphatic rings. The summed E-state index contributed by atoms with van der Waals surface area (Å²) >= 11 is 15.5. The molecular formula is C17H12BrCl2N3O. The Morgan fingerprint density at radius 3 is 2.75 bits per heavy atom. The lowest BCUT2D eigenvalue weighted by Gasteiger charge is -2.06. The van der Waals surface area contributed by atoms with Crippen LogP contribution in [-0.2, 0) is 6.54 Å². The second-order valence-corrected chi connectivity index (χ2v) is 6.77. The van der Waals surface area contributed by atoms with Crippen LogP contribution < -0.4 is 5.32 Å². The SMILES string of the molecule is O=C(Nc1ccn(Cc2cc(Cl)ccc2Cl)n1)c1ccccc1Br. The molecule has 24 heavy (non-hydrogen) atoms. The van der Waals surface area contributed by atoms with Gasteiger partial charge in [0, 0.05) is 26.8 Å². The maximum absolute atomic E-state index is 12.3. The van der Waals surface area contributed by atoms with Crippen molar-refractivity contribution in [3.63, 3.8) is 0 Å². The molecule has 0 aliphatic heterocycles. The molecule has 0 unspecified atom stereocenters. The molecule has 1 N–H and O–H groups in total. The Balaban J connectivity index is 1.73. The van der Waals surface area contributed by atoms with Gasteiger partial charge in [-0.15, -0.1) is 0 Å². The summed E-state index contributed by atoms with van der Waals surface area (Å²) in [6, 6.07) is 14.2. The number of halogens is 3. The molecule has 1 amide bonds. The molecule has 0 fully saturated rings. The summed E-state index contributed by atoms with van der Waals surface area (Å²) in [7, 11) is 0. The number of rotatable bonds is 4. The van der Waals surface area contributed by atoms with Crippen molar-refractivity contribution in [2.75, 3.05) is 5.32 Å². The van der Waals surface area contributed by atoms with E-state index >= 15 is 0 Å². The highest BCUT2D eigenvalue weighted by molar-refractivity contribution is 9.10. The van der Waals surface area contributed by atoms with E-state index in [1.54, 1.807) is 47.3 Å². The highest BCUT2D eigenvalue weighted by Crippen LogP contribution is 2.22. The third-order valence-corrected chi connectivity index (χ3v) is 4.64. The highest BCUT2D eigenvalue weighted by Gasteiger charge is 2.11. The lowest BCUT2D eigenvalue weighted by atomic mass is 10.2. The number of nitrogens with one attached hydrogen (secondary N) is 1. The number of aromatic nitrogens is 2. The number of carbonyl (C=O) groups is 1. The predicted molar refractivity (Wildman–Crippen MR) is 99.9 cm³/mol. The molecule has 3 rings (SSSR count). The Bertz CT molecular complexity index is 895. The Hall–Kier alpha value is -1.82. The molecule has 3 aromatic rings. The minimum Gasteiger partial charge on any atom is -0.305 e.